The molecule has 1 N–H and O–H groups in total. The fourth-order valence-corrected chi connectivity index (χ4v) is 2.16. The van der Waals surface area contributed by atoms with Crippen LogP contribution in [0.1, 0.15) is 15.9 Å². The lowest BCUT2D eigenvalue weighted by atomic mass is 10.0. The molecule has 0 radical (unpaired) electrons. The van der Waals surface area contributed by atoms with Crippen molar-refractivity contribution in [3.05, 3.63) is 63.6 Å². The van der Waals surface area contributed by atoms with Crippen LogP contribution in [0.2, 0.25) is 10.0 Å². The maximum Gasteiger partial charge on any atom is 0.341 e. The summed E-state index contributed by atoms with van der Waals surface area (Å²) in [4.78, 5) is 22.8. The molecule has 0 amide bonds. The maximum absolute atomic E-state index is 12.3. The van der Waals surface area contributed by atoms with Crippen LogP contribution in [0.15, 0.2) is 42.5 Å². The highest BCUT2D eigenvalue weighted by atomic mass is 35.5. The molecule has 0 saturated carbocycles. The topological polar surface area (TPSA) is 63.6 Å². The lowest BCUT2D eigenvalue weighted by Crippen LogP contribution is -2.10. The maximum atomic E-state index is 12.3. The number of halogens is 2. The summed E-state index contributed by atoms with van der Waals surface area (Å²) >= 11 is 12.1. The van der Waals surface area contributed by atoms with E-state index < -0.39 is 12.6 Å². The molecule has 0 unspecified atom stereocenters. The molecule has 0 aromatic heterocycles. The van der Waals surface area contributed by atoms with Crippen LogP contribution in [0.5, 0.6) is 5.75 Å². The van der Waals surface area contributed by atoms with Gasteiger partial charge in [0.1, 0.15) is 10.8 Å². The Morgan fingerprint density at radius 2 is 1.67 bits per heavy atom. The average molecular weight is 325 g/mol. The predicted molar refractivity (Wildman–Crippen MR) is 79.5 cm³/mol. The molecule has 21 heavy (non-hydrogen) atoms. The number of carbonyl (C=O) groups excluding carboxylic acids is 1. The largest absolute Gasteiger partial charge is 0.480 e. The van der Waals surface area contributed by atoms with E-state index in [1.807, 2.05) is 0 Å². The third-order valence-electron chi connectivity index (χ3n) is 2.68. The number of rotatable bonds is 5. The molecule has 108 valence electrons. The smallest absolute Gasteiger partial charge is 0.341 e. The van der Waals surface area contributed by atoms with Crippen LogP contribution in [-0.2, 0) is 4.79 Å². The molecule has 4 nitrogen and oxygen atoms in total. The van der Waals surface area contributed by atoms with Crippen molar-refractivity contribution in [3.63, 3.8) is 0 Å². The monoisotopic (exact) mass is 324 g/mol. The zero-order valence-electron chi connectivity index (χ0n) is 10.7. The van der Waals surface area contributed by atoms with Gasteiger partial charge in [-0.2, -0.15) is 0 Å². The Morgan fingerprint density at radius 3 is 2.29 bits per heavy atom. The predicted octanol–water partition coefficient (Wildman–Crippen LogP) is 3.69. The number of benzene rings is 2. The van der Waals surface area contributed by atoms with Gasteiger partial charge in [0.15, 0.2) is 12.4 Å². The molecule has 0 heterocycles. The Labute approximate surface area is 130 Å². The van der Waals surface area contributed by atoms with Gasteiger partial charge >= 0.3 is 5.97 Å². The minimum Gasteiger partial charge on any atom is -0.480 e. The highest BCUT2D eigenvalue weighted by Gasteiger charge is 2.18. The van der Waals surface area contributed by atoms with Gasteiger partial charge in [0.25, 0.3) is 0 Å². The number of aliphatic carboxylic acids is 1. The van der Waals surface area contributed by atoms with Gasteiger partial charge < -0.3 is 9.84 Å². The summed E-state index contributed by atoms with van der Waals surface area (Å²) in [5.41, 5.74) is 0.713. The van der Waals surface area contributed by atoms with E-state index in [2.05, 4.69) is 0 Å². The highest BCUT2D eigenvalue weighted by Crippen LogP contribution is 2.35. The van der Waals surface area contributed by atoms with Crippen molar-refractivity contribution in [3.8, 4) is 5.75 Å². The average Bonchev–Trinajstić information content (AvgIpc) is 2.49. The number of ketones is 1. The first-order valence-electron chi connectivity index (χ1n) is 5.93. The van der Waals surface area contributed by atoms with E-state index in [9.17, 15) is 9.59 Å². The summed E-state index contributed by atoms with van der Waals surface area (Å²) in [6.07, 6.45) is 0. The van der Waals surface area contributed by atoms with Crippen molar-refractivity contribution in [2.45, 2.75) is 0 Å². The summed E-state index contributed by atoms with van der Waals surface area (Å²) in [5, 5.41) is 8.62. The van der Waals surface area contributed by atoms with Crippen molar-refractivity contribution >= 4 is 35.0 Å². The molecule has 0 aliphatic heterocycles. The summed E-state index contributed by atoms with van der Waals surface area (Å²) in [6.45, 7) is -0.540. The highest BCUT2D eigenvalue weighted by molar-refractivity contribution is 6.45. The molecule has 0 fully saturated rings. The Morgan fingerprint density at radius 1 is 1.00 bits per heavy atom. The molecule has 0 atom stereocenters. The number of hydrogen-bond acceptors (Lipinski definition) is 3. The molecule has 0 saturated heterocycles. The zero-order valence-corrected chi connectivity index (χ0v) is 12.2. The Hall–Kier alpha value is -2.04. The molecular weight excluding hydrogens is 315 g/mol. The zero-order chi connectivity index (χ0) is 15.4. The number of carboxylic acids is 1. The van der Waals surface area contributed by atoms with Crippen molar-refractivity contribution in [1.29, 1.82) is 0 Å². The standard InChI is InChI=1S/C15H10Cl2O4/c16-13-10(15(20)9-4-2-1-3-5-9)6-7-11(14(13)17)21-8-12(18)19/h1-7H,8H2,(H,18,19). The van der Waals surface area contributed by atoms with E-state index in [0.29, 0.717) is 5.56 Å². The van der Waals surface area contributed by atoms with Crippen LogP contribution < -0.4 is 4.74 Å². The van der Waals surface area contributed by atoms with E-state index >= 15 is 0 Å². The lowest BCUT2D eigenvalue weighted by Gasteiger charge is -2.10. The van der Waals surface area contributed by atoms with Crippen molar-refractivity contribution in [1.82, 2.24) is 0 Å². The molecule has 2 aromatic rings. The molecule has 6 heteroatoms. The van der Waals surface area contributed by atoms with Gasteiger partial charge in [-0.3, -0.25) is 4.79 Å². The van der Waals surface area contributed by atoms with Crippen molar-refractivity contribution < 1.29 is 19.4 Å². The van der Waals surface area contributed by atoms with E-state index in [-0.39, 0.29) is 27.1 Å². The quantitative estimate of drug-likeness (QED) is 0.852. The fourth-order valence-electron chi connectivity index (χ4n) is 1.70. The van der Waals surface area contributed by atoms with Gasteiger partial charge in [0.2, 0.25) is 0 Å². The second kappa shape index (κ2) is 6.61. The number of carboxylic acid groups (broad SMARTS) is 1. The van der Waals surface area contributed by atoms with Gasteiger partial charge in [-0.15, -0.1) is 0 Å². The number of carbonyl (C=O) groups is 2. The number of ether oxygens (including phenoxy) is 1. The first-order valence-corrected chi connectivity index (χ1v) is 6.68. The summed E-state index contributed by atoms with van der Waals surface area (Å²) in [5.74, 6) is -1.28. The van der Waals surface area contributed by atoms with Crippen molar-refractivity contribution in [2.75, 3.05) is 6.61 Å². The second-order valence-corrected chi connectivity index (χ2v) is 4.87. The second-order valence-electron chi connectivity index (χ2n) is 4.12. The fraction of sp³-hybridized carbons (Fsp3) is 0.0667. The van der Waals surface area contributed by atoms with Crippen LogP contribution in [0.4, 0.5) is 0 Å². The van der Waals surface area contributed by atoms with Crippen LogP contribution in [0.3, 0.4) is 0 Å². The van der Waals surface area contributed by atoms with Gasteiger partial charge in [-0.1, -0.05) is 53.5 Å². The number of hydrogen-bond donors (Lipinski definition) is 1. The lowest BCUT2D eigenvalue weighted by molar-refractivity contribution is -0.139. The van der Waals surface area contributed by atoms with Crippen LogP contribution in [0.25, 0.3) is 0 Å². The molecule has 0 bridgehead atoms. The van der Waals surface area contributed by atoms with E-state index in [1.165, 1.54) is 12.1 Å². The normalized spacial score (nSPS) is 10.2. The SMILES string of the molecule is O=C(O)COc1ccc(C(=O)c2ccccc2)c(Cl)c1Cl. The Kier molecular flexibility index (Phi) is 4.83. The van der Waals surface area contributed by atoms with Gasteiger partial charge in [-0.05, 0) is 12.1 Å². The minimum absolute atomic E-state index is 0.0136. The third-order valence-corrected chi connectivity index (χ3v) is 3.54. The van der Waals surface area contributed by atoms with E-state index in [4.69, 9.17) is 33.0 Å². The third kappa shape index (κ3) is 3.54. The molecule has 2 aromatic carbocycles. The first-order chi connectivity index (χ1) is 10.0. The minimum atomic E-state index is -1.13. The van der Waals surface area contributed by atoms with E-state index in [0.717, 1.165) is 0 Å². The summed E-state index contributed by atoms with van der Waals surface area (Å²) in [7, 11) is 0. The van der Waals surface area contributed by atoms with Crippen molar-refractivity contribution in [2.24, 2.45) is 0 Å². The van der Waals surface area contributed by atoms with Gasteiger partial charge in [0.05, 0.1) is 5.02 Å². The Balaban J connectivity index is 2.32. The van der Waals surface area contributed by atoms with Gasteiger partial charge in [-0.25, -0.2) is 4.79 Å². The summed E-state index contributed by atoms with van der Waals surface area (Å²) < 4.78 is 4.99. The Bertz CT molecular complexity index is 684. The molecule has 0 aliphatic rings. The van der Waals surface area contributed by atoms with Crippen LogP contribution >= 0.6 is 23.2 Å². The molecule has 2 rings (SSSR count). The summed E-state index contributed by atoms with van der Waals surface area (Å²) in [6, 6.07) is 11.5. The molecule has 0 spiro atoms. The molecular formula is C15H10Cl2O4. The van der Waals surface area contributed by atoms with E-state index in [1.54, 1.807) is 30.3 Å². The van der Waals surface area contributed by atoms with Crippen LogP contribution in [0, 0.1) is 0 Å². The van der Waals surface area contributed by atoms with Gasteiger partial charge in [0, 0.05) is 11.1 Å². The van der Waals surface area contributed by atoms with Crippen LogP contribution in [-0.4, -0.2) is 23.5 Å². The first kappa shape index (κ1) is 15.4. The molecule has 0 aliphatic carbocycles.